The van der Waals surface area contributed by atoms with E-state index in [4.69, 9.17) is 0 Å². The Morgan fingerprint density at radius 1 is 1.11 bits per heavy atom. The molecule has 0 aromatic carbocycles. The Hall–Kier alpha value is 0.766. The van der Waals surface area contributed by atoms with Gasteiger partial charge in [-0.3, -0.25) is 0 Å². The molecule has 0 atom stereocenters. The van der Waals surface area contributed by atoms with E-state index in [0.29, 0.717) is 0 Å². The van der Waals surface area contributed by atoms with Crippen molar-refractivity contribution in [2.24, 2.45) is 0 Å². The first-order valence-corrected chi connectivity index (χ1v) is 3.41. The molecule has 0 aliphatic carbocycles. The van der Waals surface area contributed by atoms with Gasteiger partial charge >= 0.3 is 23.1 Å². The first-order chi connectivity index (χ1) is 3.91. The van der Waals surface area contributed by atoms with E-state index in [-0.39, 0.29) is 23.1 Å². The van der Waals surface area contributed by atoms with Crippen LogP contribution in [0.3, 0.4) is 0 Å². The zero-order valence-electron chi connectivity index (χ0n) is 6.95. The Kier molecular flexibility index (Phi) is 42.4. The molecule has 0 fully saturated rings. The first kappa shape index (κ1) is 16.4. The van der Waals surface area contributed by atoms with Crippen molar-refractivity contribution in [2.45, 2.75) is 39.5 Å². The van der Waals surface area contributed by atoms with E-state index >= 15 is 0 Å². The molecule has 0 aliphatic rings. The molecule has 9 heavy (non-hydrogen) atoms. The van der Waals surface area contributed by atoms with Crippen LogP contribution >= 0.6 is 0 Å². The van der Waals surface area contributed by atoms with Crippen molar-refractivity contribution in [1.82, 2.24) is 0 Å². The summed E-state index contributed by atoms with van der Waals surface area (Å²) < 4.78 is 0. The van der Waals surface area contributed by atoms with Crippen molar-refractivity contribution in [1.29, 1.82) is 0 Å². The van der Waals surface area contributed by atoms with Gasteiger partial charge in [-0.15, -0.1) is 0 Å². The largest absolute Gasteiger partial charge is 2.00 e. The van der Waals surface area contributed by atoms with E-state index in [9.17, 15) is 0 Å². The fourth-order valence-corrected chi connectivity index (χ4v) is 0.427. The minimum atomic E-state index is 0. The predicted octanol–water partition coefficient (Wildman–Crippen LogP) is 2.86. The van der Waals surface area contributed by atoms with E-state index < -0.39 is 0 Å². The molecule has 0 heterocycles. The van der Waals surface area contributed by atoms with Gasteiger partial charge in [-0.2, -0.15) is 13.3 Å². The molecule has 0 spiro atoms. The summed E-state index contributed by atoms with van der Waals surface area (Å²) in [4.78, 5) is 0. The number of hydrogen-bond acceptors (Lipinski definition) is 0. The quantitative estimate of drug-likeness (QED) is 0.320. The van der Waals surface area contributed by atoms with Crippen molar-refractivity contribution in [3.05, 3.63) is 13.8 Å². The van der Waals surface area contributed by atoms with Crippen LogP contribution in [0.4, 0.5) is 0 Å². The fraction of sp³-hybridized carbons (Fsp3) is 0.750. The maximum atomic E-state index is 3.72. The second-order valence-electron chi connectivity index (χ2n) is 1.56. The smallest absolute Gasteiger partial charge is 0.346 e. The first-order valence-electron chi connectivity index (χ1n) is 3.41. The molecule has 1 heteroatoms. The van der Waals surface area contributed by atoms with Crippen LogP contribution in [-0.4, -0.2) is 23.1 Å². The van der Waals surface area contributed by atoms with E-state index in [1.165, 1.54) is 19.3 Å². The number of rotatable bonds is 3. The standard InChI is InChI=1S/C6H13.C2H5.Mg/c1-3-5-6-4-2;1-2;/h1,3-6H2,2H3;1H2,2H3;/q2*-1;+2. The van der Waals surface area contributed by atoms with Gasteiger partial charge in [0.1, 0.15) is 0 Å². The zero-order valence-corrected chi connectivity index (χ0v) is 8.36. The SMILES string of the molecule is [CH2-]C.[CH2-]CCCCC.[Mg+2]. The van der Waals surface area contributed by atoms with Crippen LogP contribution in [0.2, 0.25) is 0 Å². The minimum absolute atomic E-state index is 0. The Morgan fingerprint density at radius 2 is 1.56 bits per heavy atom. The number of unbranched alkanes of at least 4 members (excludes halogenated alkanes) is 3. The molecule has 52 valence electrons. The van der Waals surface area contributed by atoms with E-state index in [2.05, 4.69) is 20.8 Å². The van der Waals surface area contributed by atoms with Crippen LogP contribution in [0.1, 0.15) is 39.5 Å². The number of hydrogen-bond donors (Lipinski definition) is 0. The molecular weight excluding hydrogens is 120 g/mol. The molecule has 0 aromatic heterocycles. The molecule has 0 rings (SSSR count). The molecule has 0 nitrogen and oxygen atoms in total. The van der Waals surface area contributed by atoms with Gasteiger partial charge in [-0.1, -0.05) is 26.2 Å². The predicted molar refractivity (Wildman–Crippen MR) is 46.3 cm³/mol. The molecular formula is C8H18Mg. The summed E-state index contributed by atoms with van der Waals surface area (Å²) in [5.74, 6) is 0. The van der Waals surface area contributed by atoms with Gasteiger partial charge in [-0.05, 0) is 0 Å². The Labute approximate surface area is 76.6 Å². The average molecular weight is 139 g/mol. The summed E-state index contributed by atoms with van der Waals surface area (Å²) in [5.41, 5.74) is 0. The Balaban J connectivity index is -0.000000109. The third kappa shape index (κ3) is 28.3. The summed E-state index contributed by atoms with van der Waals surface area (Å²) in [5, 5.41) is 0. The second kappa shape index (κ2) is 23.3. The van der Waals surface area contributed by atoms with Crippen molar-refractivity contribution in [3.63, 3.8) is 0 Å². The van der Waals surface area contributed by atoms with Crippen molar-refractivity contribution in [3.8, 4) is 0 Å². The van der Waals surface area contributed by atoms with Crippen LogP contribution in [0.15, 0.2) is 0 Å². The fourth-order valence-electron chi connectivity index (χ4n) is 0.427. The van der Waals surface area contributed by atoms with Gasteiger partial charge in [-0.25, -0.2) is 0 Å². The monoisotopic (exact) mass is 138 g/mol. The Morgan fingerprint density at radius 3 is 1.67 bits per heavy atom. The summed E-state index contributed by atoms with van der Waals surface area (Å²) >= 11 is 0. The molecule has 0 aromatic rings. The van der Waals surface area contributed by atoms with E-state index in [1.54, 1.807) is 6.92 Å². The second-order valence-corrected chi connectivity index (χ2v) is 1.56. The average Bonchev–Trinajstić information content (AvgIpc) is 1.88. The topological polar surface area (TPSA) is 0 Å². The molecule has 0 unspecified atom stereocenters. The van der Waals surface area contributed by atoms with Gasteiger partial charge < -0.3 is 13.8 Å². The molecule has 0 radical (unpaired) electrons. The molecule has 0 saturated heterocycles. The van der Waals surface area contributed by atoms with Crippen LogP contribution in [0.5, 0.6) is 0 Å². The molecule has 0 bridgehead atoms. The van der Waals surface area contributed by atoms with Crippen LogP contribution in [-0.2, 0) is 0 Å². The van der Waals surface area contributed by atoms with Crippen LogP contribution < -0.4 is 0 Å². The van der Waals surface area contributed by atoms with E-state index in [0.717, 1.165) is 6.42 Å². The maximum absolute atomic E-state index is 3.72. The third-order valence-electron chi connectivity index (χ3n) is 0.854. The molecule has 0 aliphatic heterocycles. The molecule has 0 N–H and O–H groups in total. The van der Waals surface area contributed by atoms with Crippen LogP contribution in [0.25, 0.3) is 0 Å². The van der Waals surface area contributed by atoms with Gasteiger partial charge in [0.2, 0.25) is 0 Å². The third-order valence-corrected chi connectivity index (χ3v) is 0.854. The zero-order chi connectivity index (χ0) is 6.83. The van der Waals surface area contributed by atoms with Gasteiger partial charge in [0.25, 0.3) is 0 Å². The van der Waals surface area contributed by atoms with E-state index in [1.807, 2.05) is 0 Å². The summed E-state index contributed by atoms with van der Waals surface area (Å²) in [7, 11) is 0. The van der Waals surface area contributed by atoms with Crippen molar-refractivity contribution >= 4 is 23.1 Å². The van der Waals surface area contributed by atoms with Gasteiger partial charge in [0.15, 0.2) is 0 Å². The molecule has 0 saturated carbocycles. The maximum Gasteiger partial charge on any atom is 2.00 e. The van der Waals surface area contributed by atoms with Crippen molar-refractivity contribution < 1.29 is 0 Å². The summed E-state index contributed by atoms with van der Waals surface area (Å²) in [6.07, 6.45) is 5.07. The van der Waals surface area contributed by atoms with Crippen LogP contribution in [0, 0.1) is 13.8 Å². The summed E-state index contributed by atoms with van der Waals surface area (Å²) in [6.45, 7) is 10.9. The van der Waals surface area contributed by atoms with Crippen molar-refractivity contribution in [2.75, 3.05) is 0 Å². The van der Waals surface area contributed by atoms with Gasteiger partial charge in [0, 0.05) is 0 Å². The normalized spacial score (nSPS) is 6.67. The molecule has 0 amide bonds. The van der Waals surface area contributed by atoms with Gasteiger partial charge in [0.05, 0.1) is 0 Å². The Bertz CT molecular complexity index is 16.5. The minimum Gasteiger partial charge on any atom is -0.346 e. The summed E-state index contributed by atoms with van der Waals surface area (Å²) in [6, 6.07) is 0.